The number of fused-ring (bicyclic) bond motifs is 4. The quantitative estimate of drug-likeness (QED) is 0.822. The molecule has 0 radical (unpaired) electrons. The smallest absolute Gasteiger partial charge is 0.318 e. The molecule has 1 fully saturated rings. The highest BCUT2D eigenvalue weighted by Crippen LogP contribution is 2.42. The van der Waals surface area contributed by atoms with Gasteiger partial charge < -0.3 is 15.0 Å². The van der Waals surface area contributed by atoms with Crippen molar-refractivity contribution in [2.75, 3.05) is 20.3 Å². The zero-order valence-electron chi connectivity index (χ0n) is 11.0. The maximum atomic E-state index is 12.3. The van der Waals surface area contributed by atoms with Crippen molar-refractivity contribution in [1.29, 1.82) is 0 Å². The van der Waals surface area contributed by atoms with Crippen molar-refractivity contribution in [3.8, 4) is 0 Å². The van der Waals surface area contributed by atoms with Gasteiger partial charge in [0.25, 0.3) is 0 Å². The van der Waals surface area contributed by atoms with Gasteiger partial charge in [0, 0.05) is 37.9 Å². The average molecular weight is 262 g/mol. The summed E-state index contributed by atoms with van der Waals surface area (Å²) in [5.41, 5.74) is 2.21. The van der Waals surface area contributed by atoms with Crippen LogP contribution in [0.5, 0.6) is 0 Å². The van der Waals surface area contributed by atoms with Gasteiger partial charge in [-0.1, -0.05) is 0 Å². The summed E-state index contributed by atoms with van der Waals surface area (Å²) in [7, 11) is 1.63. The highest BCUT2D eigenvalue weighted by atomic mass is 16.5. The van der Waals surface area contributed by atoms with E-state index < -0.39 is 0 Å². The van der Waals surface area contributed by atoms with E-state index in [-0.39, 0.29) is 18.1 Å². The normalized spacial score (nSPS) is 24.2. The number of ether oxygens (including phenoxy) is 1. The Kier molecular flexibility index (Phi) is 3.33. The largest absolute Gasteiger partial charge is 0.383 e. The van der Waals surface area contributed by atoms with Crippen LogP contribution in [0.25, 0.3) is 0 Å². The van der Waals surface area contributed by atoms with Crippen LogP contribution in [0.15, 0.2) is 12.5 Å². The summed E-state index contributed by atoms with van der Waals surface area (Å²) in [4.78, 5) is 22.7. The summed E-state index contributed by atoms with van der Waals surface area (Å²) in [5, 5.41) is 2.91. The summed E-state index contributed by atoms with van der Waals surface area (Å²) in [6.45, 7) is 1.08. The number of aromatic nitrogens is 2. The lowest BCUT2D eigenvalue weighted by Crippen LogP contribution is -2.48. The molecule has 0 saturated carbocycles. The van der Waals surface area contributed by atoms with E-state index in [1.165, 1.54) is 0 Å². The molecule has 1 saturated heterocycles. The Hall–Kier alpha value is -1.69. The number of carbonyl (C=O) groups excluding carboxylic acids is 1. The SMILES string of the molecule is COCCNC(=O)N1C2CCC1c1cncnc1C2. The first-order chi connectivity index (χ1) is 9.31. The van der Waals surface area contributed by atoms with Crippen LogP contribution in [0, 0.1) is 0 Å². The summed E-state index contributed by atoms with van der Waals surface area (Å²) < 4.78 is 4.95. The van der Waals surface area contributed by atoms with Gasteiger partial charge in [-0.2, -0.15) is 0 Å². The standard InChI is InChI=1S/C13H18N4O2/c1-19-5-4-15-13(18)17-9-2-3-12(17)10-7-14-8-16-11(10)6-9/h7-9,12H,2-6H2,1H3,(H,15,18). The fourth-order valence-electron chi connectivity index (χ4n) is 3.09. The van der Waals surface area contributed by atoms with Crippen LogP contribution in [-0.4, -0.2) is 47.2 Å². The third-order valence-corrected chi connectivity index (χ3v) is 3.93. The molecule has 2 bridgehead atoms. The molecule has 19 heavy (non-hydrogen) atoms. The summed E-state index contributed by atoms with van der Waals surface area (Å²) in [6.07, 6.45) is 6.32. The molecule has 0 aromatic carbocycles. The fraction of sp³-hybridized carbons (Fsp3) is 0.615. The predicted octanol–water partition coefficient (Wildman–Crippen LogP) is 0.894. The maximum absolute atomic E-state index is 12.3. The van der Waals surface area contributed by atoms with E-state index >= 15 is 0 Å². The van der Waals surface area contributed by atoms with Crippen LogP contribution in [0.4, 0.5) is 4.79 Å². The van der Waals surface area contributed by atoms with Gasteiger partial charge in [-0.25, -0.2) is 14.8 Å². The topological polar surface area (TPSA) is 67.3 Å². The Morgan fingerprint density at radius 1 is 1.58 bits per heavy atom. The van der Waals surface area contributed by atoms with E-state index in [9.17, 15) is 4.79 Å². The van der Waals surface area contributed by atoms with Crippen molar-refractivity contribution in [2.24, 2.45) is 0 Å². The first-order valence-electron chi connectivity index (χ1n) is 6.65. The van der Waals surface area contributed by atoms with Gasteiger partial charge in [-0.15, -0.1) is 0 Å². The number of carbonyl (C=O) groups is 1. The molecule has 3 rings (SSSR count). The van der Waals surface area contributed by atoms with Gasteiger partial charge in [0.1, 0.15) is 6.33 Å². The number of nitrogens with one attached hydrogen (secondary N) is 1. The molecule has 1 aromatic heterocycles. The molecule has 3 heterocycles. The minimum Gasteiger partial charge on any atom is -0.383 e. The molecular formula is C13H18N4O2. The van der Waals surface area contributed by atoms with E-state index in [1.807, 2.05) is 11.1 Å². The zero-order chi connectivity index (χ0) is 13.2. The summed E-state index contributed by atoms with van der Waals surface area (Å²) in [5.74, 6) is 0. The van der Waals surface area contributed by atoms with Crippen LogP contribution in [-0.2, 0) is 11.2 Å². The summed E-state index contributed by atoms with van der Waals surface area (Å²) >= 11 is 0. The highest BCUT2D eigenvalue weighted by molar-refractivity contribution is 5.76. The number of nitrogens with zero attached hydrogens (tertiary/aromatic N) is 3. The van der Waals surface area contributed by atoms with Crippen molar-refractivity contribution in [3.63, 3.8) is 0 Å². The number of amides is 2. The molecule has 102 valence electrons. The second-order valence-electron chi connectivity index (χ2n) is 5.01. The van der Waals surface area contributed by atoms with Crippen LogP contribution in [0.2, 0.25) is 0 Å². The van der Waals surface area contributed by atoms with E-state index in [0.717, 1.165) is 30.5 Å². The molecule has 1 aromatic rings. The first-order valence-corrected chi connectivity index (χ1v) is 6.65. The molecule has 2 aliphatic rings. The van der Waals surface area contributed by atoms with Crippen molar-refractivity contribution in [3.05, 3.63) is 23.8 Å². The Balaban J connectivity index is 1.76. The van der Waals surface area contributed by atoms with Gasteiger partial charge >= 0.3 is 6.03 Å². The third-order valence-electron chi connectivity index (χ3n) is 3.93. The molecule has 6 nitrogen and oxygen atoms in total. The minimum absolute atomic E-state index is 0.000877. The molecule has 2 unspecified atom stereocenters. The Morgan fingerprint density at radius 2 is 2.47 bits per heavy atom. The van der Waals surface area contributed by atoms with Crippen LogP contribution >= 0.6 is 0 Å². The highest BCUT2D eigenvalue weighted by Gasteiger charge is 2.43. The number of hydrogen-bond acceptors (Lipinski definition) is 4. The van der Waals surface area contributed by atoms with Crippen LogP contribution in [0.3, 0.4) is 0 Å². The lowest BCUT2D eigenvalue weighted by Gasteiger charge is -2.35. The minimum atomic E-state index is -0.000877. The van der Waals surface area contributed by atoms with Crippen LogP contribution in [0.1, 0.15) is 30.1 Å². The Labute approximate surface area is 112 Å². The summed E-state index contributed by atoms with van der Waals surface area (Å²) in [6, 6.07) is 0.409. The monoisotopic (exact) mass is 262 g/mol. The molecular weight excluding hydrogens is 244 g/mol. The van der Waals surface area contributed by atoms with Gasteiger partial charge in [-0.05, 0) is 12.8 Å². The lowest BCUT2D eigenvalue weighted by atomic mass is 10.00. The second kappa shape index (κ2) is 5.13. The number of urea groups is 1. The lowest BCUT2D eigenvalue weighted by molar-refractivity contribution is 0.156. The van der Waals surface area contributed by atoms with Crippen LogP contribution < -0.4 is 5.32 Å². The van der Waals surface area contributed by atoms with Crippen molar-refractivity contribution in [2.45, 2.75) is 31.3 Å². The first kappa shape index (κ1) is 12.3. The third kappa shape index (κ3) is 2.16. The molecule has 2 atom stereocenters. The predicted molar refractivity (Wildman–Crippen MR) is 68.6 cm³/mol. The van der Waals surface area contributed by atoms with E-state index in [1.54, 1.807) is 13.4 Å². The molecule has 0 aliphatic carbocycles. The molecule has 2 amide bonds. The van der Waals surface area contributed by atoms with E-state index in [4.69, 9.17) is 4.74 Å². The average Bonchev–Trinajstić information content (AvgIpc) is 2.75. The maximum Gasteiger partial charge on any atom is 0.318 e. The zero-order valence-corrected chi connectivity index (χ0v) is 11.0. The van der Waals surface area contributed by atoms with Crippen molar-refractivity contribution in [1.82, 2.24) is 20.2 Å². The number of hydrogen-bond donors (Lipinski definition) is 1. The van der Waals surface area contributed by atoms with Gasteiger partial charge in [0.05, 0.1) is 18.3 Å². The molecule has 0 spiro atoms. The van der Waals surface area contributed by atoms with Crippen molar-refractivity contribution >= 4 is 6.03 Å². The van der Waals surface area contributed by atoms with Crippen molar-refractivity contribution < 1.29 is 9.53 Å². The Morgan fingerprint density at radius 3 is 3.32 bits per heavy atom. The number of rotatable bonds is 3. The van der Waals surface area contributed by atoms with Gasteiger partial charge in [-0.3, -0.25) is 0 Å². The Bertz CT molecular complexity index is 479. The molecule has 1 N–H and O–H groups in total. The fourth-order valence-corrected chi connectivity index (χ4v) is 3.09. The van der Waals surface area contributed by atoms with E-state index in [2.05, 4.69) is 15.3 Å². The van der Waals surface area contributed by atoms with Gasteiger partial charge in [0.15, 0.2) is 0 Å². The van der Waals surface area contributed by atoms with Gasteiger partial charge in [0.2, 0.25) is 0 Å². The second-order valence-corrected chi connectivity index (χ2v) is 5.01. The molecule has 6 heteroatoms. The number of methoxy groups -OCH3 is 1. The molecule has 2 aliphatic heterocycles. The van der Waals surface area contributed by atoms with E-state index in [0.29, 0.717) is 13.2 Å².